The van der Waals surface area contributed by atoms with Crippen LogP contribution in [0.5, 0.6) is 0 Å². The van der Waals surface area contributed by atoms with Crippen molar-refractivity contribution >= 4 is 23.1 Å². The molecule has 1 aromatic carbocycles. The average molecular weight is 354 g/mol. The number of hydrogen-bond acceptors (Lipinski definition) is 5. The van der Waals surface area contributed by atoms with Crippen LogP contribution >= 0.6 is 23.1 Å². The molecule has 5 nitrogen and oxygen atoms in total. The number of nitrogens with zero attached hydrogens (tertiary/aromatic N) is 4. The quantitative estimate of drug-likeness (QED) is 0.418. The second kappa shape index (κ2) is 8.89. The number of halogens is 1. The zero-order valence-electron chi connectivity index (χ0n) is 11.8. The zero-order chi connectivity index (χ0) is 14.3. The lowest BCUT2D eigenvalue weighted by molar-refractivity contribution is -0.666. The lowest BCUT2D eigenvalue weighted by Crippen LogP contribution is -3.00. The topological polar surface area (TPSA) is 60.2 Å². The number of aromatic nitrogens is 4. The fraction of sp³-hybridized carbons (Fsp3) is 0.214. The van der Waals surface area contributed by atoms with Crippen molar-refractivity contribution in [3.05, 3.63) is 52.7 Å². The second-order valence-electron chi connectivity index (χ2n) is 4.47. The molecule has 0 fully saturated rings. The number of para-hydroxylation sites is 1. The Morgan fingerprint density at radius 1 is 1.18 bits per heavy atom. The minimum absolute atomic E-state index is 0. The lowest BCUT2D eigenvalue weighted by Gasteiger charge is -2.03. The molecule has 0 radical (unpaired) electrons. The van der Waals surface area contributed by atoms with Gasteiger partial charge in [-0.05, 0) is 39.4 Å². The van der Waals surface area contributed by atoms with Crippen molar-refractivity contribution in [1.82, 2.24) is 20.2 Å². The Morgan fingerprint density at radius 2 is 2.05 bits per heavy atom. The van der Waals surface area contributed by atoms with Crippen molar-refractivity contribution in [1.29, 1.82) is 0 Å². The Morgan fingerprint density at radius 3 is 2.82 bits per heavy atom. The highest BCUT2D eigenvalue weighted by atomic mass is 35.5. The number of nitrogens with two attached hydrogens (primary N) is 1. The number of tetrazole rings is 1. The molecule has 0 saturated heterocycles. The number of benzene rings is 1. The maximum Gasteiger partial charge on any atom is 0.214 e. The minimum atomic E-state index is 0. The third-order valence-corrected chi connectivity index (χ3v) is 4.64. The summed E-state index contributed by atoms with van der Waals surface area (Å²) in [6, 6.07) is 12.1. The van der Waals surface area contributed by atoms with Gasteiger partial charge in [0.2, 0.25) is 5.16 Å². The Kier molecular flexibility index (Phi) is 6.85. The first-order chi connectivity index (χ1) is 10.4. The van der Waals surface area contributed by atoms with E-state index in [1.54, 1.807) is 27.8 Å². The summed E-state index contributed by atoms with van der Waals surface area (Å²) in [5, 5.41) is 19.4. The molecule has 3 rings (SSSR count). The minimum Gasteiger partial charge on any atom is -1.00 e. The van der Waals surface area contributed by atoms with Crippen LogP contribution in [0.4, 0.5) is 0 Å². The van der Waals surface area contributed by atoms with Gasteiger partial charge in [0.1, 0.15) is 6.54 Å². The highest BCUT2D eigenvalue weighted by molar-refractivity contribution is 7.99. The Bertz CT molecular complexity index is 657. The third-order valence-electron chi connectivity index (χ3n) is 2.95. The van der Waals surface area contributed by atoms with Crippen LogP contribution in [0.1, 0.15) is 5.56 Å². The first kappa shape index (κ1) is 17.0. The molecule has 0 spiro atoms. The molecular formula is C14H16ClN5S2. The monoisotopic (exact) mass is 353 g/mol. The molecule has 22 heavy (non-hydrogen) atoms. The van der Waals surface area contributed by atoms with Crippen molar-refractivity contribution in [2.45, 2.75) is 11.7 Å². The van der Waals surface area contributed by atoms with Gasteiger partial charge in [-0.3, -0.25) is 0 Å². The SMILES string of the molecule is [Cl-].c1ccc(-n2nnnc2SCC[NH2+]Cc2ccsc2)cc1. The highest BCUT2D eigenvalue weighted by Crippen LogP contribution is 2.16. The molecule has 0 saturated carbocycles. The number of thiophene rings is 1. The van der Waals surface area contributed by atoms with E-state index in [1.807, 2.05) is 30.3 Å². The molecule has 0 atom stereocenters. The number of quaternary nitrogens is 1. The van der Waals surface area contributed by atoms with Crippen LogP contribution < -0.4 is 17.7 Å². The van der Waals surface area contributed by atoms with Gasteiger partial charge in [0.15, 0.2) is 0 Å². The van der Waals surface area contributed by atoms with Crippen molar-refractivity contribution in [3.63, 3.8) is 0 Å². The third kappa shape index (κ3) is 4.54. The molecule has 0 bridgehead atoms. The van der Waals surface area contributed by atoms with E-state index < -0.39 is 0 Å². The molecular weight excluding hydrogens is 338 g/mol. The van der Waals surface area contributed by atoms with Crippen LogP contribution in [-0.4, -0.2) is 32.5 Å². The summed E-state index contributed by atoms with van der Waals surface area (Å²) in [5.74, 6) is 0.983. The summed E-state index contributed by atoms with van der Waals surface area (Å²) >= 11 is 3.43. The van der Waals surface area contributed by atoms with Crippen LogP contribution in [-0.2, 0) is 6.54 Å². The molecule has 0 aliphatic heterocycles. The molecule has 2 N–H and O–H groups in total. The number of thioether (sulfide) groups is 1. The van der Waals surface area contributed by atoms with E-state index in [-0.39, 0.29) is 12.4 Å². The second-order valence-corrected chi connectivity index (χ2v) is 6.31. The van der Waals surface area contributed by atoms with Gasteiger partial charge in [0.25, 0.3) is 0 Å². The van der Waals surface area contributed by atoms with Crippen LogP contribution in [0, 0.1) is 0 Å². The maximum atomic E-state index is 4.09. The van der Waals surface area contributed by atoms with E-state index in [1.165, 1.54) is 5.56 Å². The fourth-order valence-electron chi connectivity index (χ4n) is 1.91. The van der Waals surface area contributed by atoms with Gasteiger partial charge < -0.3 is 17.7 Å². The predicted octanol–water partition coefficient (Wildman–Crippen LogP) is -1.42. The predicted molar refractivity (Wildman–Crippen MR) is 84.7 cm³/mol. The molecule has 0 unspecified atom stereocenters. The van der Waals surface area contributed by atoms with Crippen LogP contribution in [0.3, 0.4) is 0 Å². The van der Waals surface area contributed by atoms with Crippen molar-refractivity contribution < 1.29 is 17.7 Å². The van der Waals surface area contributed by atoms with Gasteiger partial charge in [-0.2, -0.15) is 16.0 Å². The summed E-state index contributed by atoms with van der Waals surface area (Å²) in [6.07, 6.45) is 0. The maximum absolute atomic E-state index is 4.09. The summed E-state index contributed by atoms with van der Waals surface area (Å²) in [7, 11) is 0. The molecule has 0 amide bonds. The van der Waals surface area contributed by atoms with Gasteiger partial charge in [0.05, 0.1) is 18.0 Å². The van der Waals surface area contributed by atoms with E-state index in [4.69, 9.17) is 0 Å². The van der Waals surface area contributed by atoms with Crippen LogP contribution in [0.2, 0.25) is 0 Å². The molecule has 116 valence electrons. The summed E-state index contributed by atoms with van der Waals surface area (Å²) in [6.45, 7) is 2.08. The molecule has 2 aromatic heterocycles. The smallest absolute Gasteiger partial charge is 0.214 e. The average Bonchev–Trinajstić information content (AvgIpc) is 3.19. The fourth-order valence-corrected chi connectivity index (χ4v) is 3.42. The van der Waals surface area contributed by atoms with E-state index in [2.05, 4.69) is 37.7 Å². The number of rotatable bonds is 7. The van der Waals surface area contributed by atoms with E-state index in [0.717, 1.165) is 29.7 Å². The van der Waals surface area contributed by atoms with Gasteiger partial charge in [0, 0.05) is 5.56 Å². The van der Waals surface area contributed by atoms with Gasteiger partial charge >= 0.3 is 0 Å². The summed E-state index contributed by atoms with van der Waals surface area (Å²) < 4.78 is 1.78. The van der Waals surface area contributed by atoms with Gasteiger partial charge in [-0.1, -0.05) is 30.0 Å². The largest absolute Gasteiger partial charge is 1.00 e. The first-order valence-corrected chi connectivity index (χ1v) is 8.65. The molecule has 3 aromatic rings. The van der Waals surface area contributed by atoms with Crippen LogP contribution in [0.15, 0.2) is 52.3 Å². The summed E-state index contributed by atoms with van der Waals surface area (Å²) in [5.41, 5.74) is 2.38. The molecule has 8 heteroatoms. The van der Waals surface area contributed by atoms with Crippen LogP contribution in [0.25, 0.3) is 5.69 Å². The Labute approximate surface area is 143 Å². The standard InChI is InChI=1S/C14H15N5S2.ClH/c1-2-4-13(5-3-1)19-14(16-17-18-19)21-9-7-15-10-12-6-8-20-11-12;/h1-6,8,11,15H,7,9-10H2;1H. The number of hydrogen-bond donors (Lipinski definition) is 1. The zero-order valence-corrected chi connectivity index (χ0v) is 14.2. The Balaban J connectivity index is 0.00000176. The van der Waals surface area contributed by atoms with Crippen molar-refractivity contribution in [2.24, 2.45) is 0 Å². The first-order valence-electron chi connectivity index (χ1n) is 6.73. The summed E-state index contributed by atoms with van der Waals surface area (Å²) in [4.78, 5) is 0. The van der Waals surface area contributed by atoms with E-state index >= 15 is 0 Å². The highest BCUT2D eigenvalue weighted by Gasteiger charge is 2.08. The molecule has 0 aliphatic rings. The lowest BCUT2D eigenvalue weighted by atomic mass is 10.3. The molecule has 0 aliphatic carbocycles. The van der Waals surface area contributed by atoms with E-state index in [9.17, 15) is 0 Å². The molecule has 2 heterocycles. The Hall–Kier alpha value is -1.41. The van der Waals surface area contributed by atoms with Gasteiger partial charge in [-0.25, -0.2) is 0 Å². The normalized spacial score (nSPS) is 10.4. The van der Waals surface area contributed by atoms with Gasteiger partial charge in [-0.15, -0.1) is 5.10 Å². The van der Waals surface area contributed by atoms with Crippen molar-refractivity contribution in [3.8, 4) is 5.69 Å². The van der Waals surface area contributed by atoms with E-state index in [0.29, 0.717) is 0 Å². The van der Waals surface area contributed by atoms with Crippen molar-refractivity contribution in [2.75, 3.05) is 12.3 Å².